The number of rotatable bonds is 4. The molecular weight excluding hydrogens is 338 g/mol. The van der Waals surface area contributed by atoms with E-state index < -0.39 is 12.8 Å². The highest BCUT2D eigenvalue weighted by atomic mass is 127. The van der Waals surface area contributed by atoms with E-state index in [0.717, 1.165) is 3.57 Å². The summed E-state index contributed by atoms with van der Waals surface area (Å²) in [4.78, 5) is 11.2. The zero-order valence-electron chi connectivity index (χ0n) is 8.13. The molecule has 0 unspecified atom stereocenters. The van der Waals surface area contributed by atoms with Gasteiger partial charge in [0.2, 0.25) is 0 Å². The third kappa shape index (κ3) is 4.97. The predicted octanol–water partition coefficient (Wildman–Crippen LogP) is 2.03. The normalized spacial score (nSPS) is 11.8. The Bertz CT molecular complexity index is 402. The molecule has 16 heavy (non-hydrogen) atoms. The van der Waals surface area contributed by atoms with Crippen molar-refractivity contribution in [3.63, 3.8) is 0 Å². The van der Waals surface area contributed by atoms with E-state index in [-0.39, 0.29) is 18.7 Å². The highest BCUT2D eigenvalue weighted by Gasteiger charge is 2.27. The molecule has 0 aromatic carbocycles. The maximum Gasteiger partial charge on any atom is 0.411 e. The van der Waals surface area contributed by atoms with Gasteiger partial charge in [-0.3, -0.25) is 4.79 Å². The van der Waals surface area contributed by atoms with Gasteiger partial charge in [-0.2, -0.15) is 13.2 Å². The lowest BCUT2D eigenvalue weighted by molar-refractivity contribution is -0.174. The van der Waals surface area contributed by atoms with E-state index in [0.29, 0.717) is 0 Å². The summed E-state index contributed by atoms with van der Waals surface area (Å²) in [7, 11) is 0. The van der Waals surface area contributed by atoms with Crippen LogP contribution in [0.5, 0.6) is 0 Å². The molecule has 0 saturated carbocycles. The molecule has 0 aliphatic heterocycles. The van der Waals surface area contributed by atoms with Gasteiger partial charge in [-0.1, -0.05) is 0 Å². The minimum absolute atomic E-state index is 0.117. The predicted molar refractivity (Wildman–Crippen MR) is 60.3 cm³/mol. The Kier molecular flexibility index (Phi) is 4.78. The van der Waals surface area contributed by atoms with Crippen LogP contribution in [0.2, 0.25) is 0 Å². The highest BCUT2D eigenvalue weighted by molar-refractivity contribution is 14.1. The zero-order chi connectivity index (χ0) is 12.2. The lowest BCUT2D eigenvalue weighted by Crippen LogP contribution is -2.23. The lowest BCUT2D eigenvalue weighted by Gasteiger charge is -2.09. The molecule has 0 atom stereocenters. The minimum atomic E-state index is -4.32. The Labute approximate surface area is 103 Å². The van der Waals surface area contributed by atoms with Crippen LogP contribution in [0.3, 0.4) is 0 Å². The largest absolute Gasteiger partial charge is 0.411 e. The van der Waals surface area contributed by atoms with Crippen LogP contribution in [0, 0.1) is 3.57 Å². The summed E-state index contributed by atoms with van der Waals surface area (Å²) >= 11 is 2.02. The SMILES string of the molecule is O=c1ccc(I)cn1CCOCC(F)(F)F. The average molecular weight is 347 g/mol. The van der Waals surface area contributed by atoms with Gasteiger partial charge < -0.3 is 9.30 Å². The Morgan fingerprint density at radius 3 is 2.69 bits per heavy atom. The Morgan fingerprint density at radius 2 is 2.06 bits per heavy atom. The number of ether oxygens (including phenoxy) is 1. The molecule has 0 aliphatic rings. The quantitative estimate of drug-likeness (QED) is 0.617. The van der Waals surface area contributed by atoms with Gasteiger partial charge in [-0.25, -0.2) is 0 Å². The molecule has 0 saturated heterocycles. The summed E-state index contributed by atoms with van der Waals surface area (Å²) in [5.41, 5.74) is -0.254. The van der Waals surface area contributed by atoms with E-state index in [1.165, 1.54) is 10.6 Å². The second kappa shape index (κ2) is 5.67. The molecule has 1 rings (SSSR count). The van der Waals surface area contributed by atoms with Crippen LogP contribution in [0.1, 0.15) is 0 Å². The fourth-order valence-corrected chi connectivity index (χ4v) is 1.54. The van der Waals surface area contributed by atoms with Crippen molar-refractivity contribution in [1.29, 1.82) is 0 Å². The van der Waals surface area contributed by atoms with Crippen LogP contribution in [0.25, 0.3) is 0 Å². The van der Waals surface area contributed by atoms with Gasteiger partial charge in [0.05, 0.1) is 6.61 Å². The van der Waals surface area contributed by atoms with E-state index in [2.05, 4.69) is 4.74 Å². The molecular formula is C9H9F3INO2. The van der Waals surface area contributed by atoms with Crippen molar-refractivity contribution in [2.75, 3.05) is 13.2 Å². The molecule has 0 radical (unpaired) electrons. The number of hydrogen-bond acceptors (Lipinski definition) is 2. The number of pyridine rings is 1. The summed E-state index contributed by atoms with van der Waals surface area (Å²) in [5.74, 6) is 0. The second-order valence-corrected chi connectivity index (χ2v) is 4.29. The van der Waals surface area contributed by atoms with Crippen LogP contribution in [0.15, 0.2) is 23.1 Å². The van der Waals surface area contributed by atoms with Crippen molar-refractivity contribution in [3.8, 4) is 0 Å². The summed E-state index contributed by atoms with van der Waals surface area (Å²) < 4.78 is 41.8. The molecule has 90 valence electrons. The molecule has 3 nitrogen and oxygen atoms in total. The van der Waals surface area contributed by atoms with E-state index in [9.17, 15) is 18.0 Å². The van der Waals surface area contributed by atoms with Crippen LogP contribution in [-0.4, -0.2) is 24.0 Å². The third-order valence-electron chi connectivity index (χ3n) is 1.69. The molecule has 0 bridgehead atoms. The van der Waals surface area contributed by atoms with Gasteiger partial charge >= 0.3 is 6.18 Å². The second-order valence-electron chi connectivity index (χ2n) is 3.05. The van der Waals surface area contributed by atoms with Gasteiger partial charge in [0.25, 0.3) is 5.56 Å². The summed E-state index contributed by atoms with van der Waals surface area (Å²) in [5, 5.41) is 0. The van der Waals surface area contributed by atoms with Crippen molar-refractivity contribution >= 4 is 22.6 Å². The van der Waals surface area contributed by atoms with Gasteiger partial charge in [0.15, 0.2) is 0 Å². The van der Waals surface area contributed by atoms with Gasteiger partial charge in [0.1, 0.15) is 6.61 Å². The smallest absolute Gasteiger partial charge is 0.370 e. The molecule has 0 aliphatic carbocycles. The van der Waals surface area contributed by atoms with Crippen LogP contribution in [-0.2, 0) is 11.3 Å². The van der Waals surface area contributed by atoms with Crippen LogP contribution in [0.4, 0.5) is 13.2 Å². The monoisotopic (exact) mass is 347 g/mol. The Balaban J connectivity index is 2.43. The maximum absolute atomic E-state index is 11.7. The first-order valence-corrected chi connectivity index (χ1v) is 5.47. The van der Waals surface area contributed by atoms with Crippen molar-refractivity contribution in [1.82, 2.24) is 4.57 Å². The van der Waals surface area contributed by atoms with Crippen molar-refractivity contribution in [2.45, 2.75) is 12.7 Å². The first kappa shape index (κ1) is 13.5. The number of halogens is 4. The number of aromatic nitrogens is 1. The third-order valence-corrected chi connectivity index (χ3v) is 2.33. The van der Waals surface area contributed by atoms with Gasteiger partial charge in [0, 0.05) is 22.4 Å². The number of hydrogen-bond donors (Lipinski definition) is 0. The first-order valence-electron chi connectivity index (χ1n) is 4.39. The average Bonchev–Trinajstić information content (AvgIpc) is 2.16. The highest BCUT2D eigenvalue weighted by Crippen LogP contribution is 2.14. The zero-order valence-corrected chi connectivity index (χ0v) is 10.3. The van der Waals surface area contributed by atoms with Gasteiger partial charge in [-0.05, 0) is 28.7 Å². The van der Waals surface area contributed by atoms with E-state index in [1.54, 1.807) is 12.3 Å². The van der Waals surface area contributed by atoms with Crippen molar-refractivity contribution < 1.29 is 17.9 Å². The van der Waals surface area contributed by atoms with E-state index in [1.807, 2.05) is 22.6 Å². The van der Waals surface area contributed by atoms with E-state index in [4.69, 9.17) is 0 Å². The molecule has 0 N–H and O–H groups in total. The Morgan fingerprint density at radius 1 is 1.38 bits per heavy atom. The minimum Gasteiger partial charge on any atom is -0.370 e. The van der Waals surface area contributed by atoms with Crippen molar-refractivity contribution in [3.05, 3.63) is 32.3 Å². The maximum atomic E-state index is 11.7. The van der Waals surface area contributed by atoms with Crippen LogP contribution >= 0.6 is 22.6 Å². The van der Waals surface area contributed by atoms with Crippen molar-refractivity contribution in [2.24, 2.45) is 0 Å². The molecule has 1 aromatic rings. The summed E-state index contributed by atoms with van der Waals surface area (Å²) in [6, 6.07) is 3.00. The molecule has 0 spiro atoms. The fourth-order valence-electron chi connectivity index (χ4n) is 1.03. The first-order chi connectivity index (χ1) is 7.38. The molecule has 7 heteroatoms. The number of alkyl halides is 3. The standard InChI is InChI=1S/C9H9F3INO2/c10-9(11,12)6-16-4-3-14-5-7(13)1-2-8(14)15/h1-2,5H,3-4,6H2. The topological polar surface area (TPSA) is 31.2 Å². The molecule has 1 aromatic heterocycles. The van der Waals surface area contributed by atoms with Crippen LogP contribution < -0.4 is 5.56 Å². The fraction of sp³-hybridized carbons (Fsp3) is 0.444. The Hall–Kier alpha value is -0.570. The van der Waals surface area contributed by atoms with E-state index >= 15 is 0 Å². The summed E-state index contributed by atoms with van der Waals surface area (Å²) in [6.07, 6.45) is -2.75. The lowest BCUT2D eigenvalue weighted by atomic mass is 10.4. The summed E-state index contributed by atoms with van der Waals surface area (Å²) in [6.45, 7) is -1.31. The molecule has 0 amide bonds. The molecule has 1 heterocycles. The van der Waals surface area contributed by atoms with Gasteiger partial charge in [-0.15, -0.1) is 0 Å². The number of nitrogens with zero attached hydrogens (tertiary/aromatic N) is 1. The molecule has 0 fully saturated rings.